The van der Waals surface area contributed by atoms with Crippen molar-refractivity contribution >= 4 is 16.7 Å². The van der Waals surface area contributed by atoms with E-state index in [9.17, 15) is 14.7 Å². The molecule has 118 valence electrons. The number of hydrogen-bond donors (Lipinski definition) is 2. The molecule has 0 amide bonds. The number of nitrogens with zero attached hydrogens (tertiary/aromatic N) is 1. The SMILES string of the molecule is COC1=CCC(Cc2n[nH]c(=O)c3ccccc23)C=C1C(=O)O. The molecule has 6 nitrogen and oxygen atoms in total. The number of methoxy groups -OCH3 is 1. The van der Waals surface area contributed by atoms with E-state index >= 15 is 0 Å². The van der Waals surface area contributed by atoms with Gasteiger partial charge in [0.2, 0.25) is 0 Å². The minimum Gasteiger partial charge on any atom is -0.496 e. The number of carboxylic acid groups (broad SMARTS) is 1. The van der Waals surface area contributed by atoms with Crippen LogP contribution in [0.3, 0.4) is 0 Å². The minimum absolute atomic E-state index is 0.0122. The lowest BCUT2D eigenvalue weighted by Gasteiger charge is -2.19. The molecule has 2 N–H and O–H groups in total. The first kappa shape index (κ1) is 15.0. The summed E-state index contributed by atoms with van der Waals surface area (Å²) in [5, 5.41) is 17.3. The third kappa shape index (κ3) is 2.88. The number of aromatic amines is 1. The summed E-state index contributed by atoms with van der Waals surface area (Å²) in [4.78, 5) is 23.1. The van der Waals surface area contributed by atoms with Gasteiger partial charge in [0.1, 0.15) is 5.76 Å². The molecular weight excluding hydrogens is 296 g/mol. The first-order chi connectivity index (χ1) is 11.1. The maximum Gasteiger partial charge on any atom is 0.339 e. The second-order valence-corrected chi connectivity index (χ2v) is 5.40. The fourth-order valence-corrected chi connectivity index (χ4v) is 2.84. The molecule has 23 heavy (non-hydrogen) atoms. The Hall–Kier alpha value is -2.89. The van der Waals surface area contributed by atoms with Crippen LogP contribution in [-0.4, -0.2) is 28.4 Å². The van der Waals surface area contributed by atoms with Crippen LogP contribution in [0, 0.1) is 5.92 Å². The van der Waals surface area contributed by atoms with Gasteiger partial charge in [0.15, 0.2) is 0 Å². The van der Waals surface area contributed by atoms with Crippen molar-refractivity contribution in [2.45, 2.75) is 12.8 Å². The molecule has 2 aromatic rings. The number of fused-ring (bicyclic) bond motifs is 1. The summed E-state index contributed by atoms with van der Waals surface area (Å²) >= 11 is 0. The normalized spacial score (nSPS) is 17.5. The zero-order chi connectivity index (χ0) is 16.4. The van der Waals surface area contributed by atoms with Crippen LogP contribution in [0.25, 0.3) is 10.8 Å². The smallest absolute Gasteiger partial charge is 0.339 e. The Labute approximate surface area is 132 Å². The van der Waals surface area contributed by atoms with E-state index in [1.54, 1.807) is 24.3 Å². The molecule has 1 aliphatic rings. The van der Waals surface area contributed by atoms with Crippen LogP contribution in [0.4, 0.5) is 0 Å². The molecule has 0 fully saturated rings. The second kappa shape index (κ2) is 6.08. The van der Waals surface area contributed by atoms with Gasteiger partial charge in [-0.1, -0.05) is 24.3 Å². The molecule has 0 bridgehead atoms. The topological polar surface area (TPSA) is 92.3 Å². The number of ether oxygens (including phenoxy) is 1. The average molecular weight is 312 g/mol. The Morgan fingerprint density at radius 2 is 2.13 bits per heavy atom. The van der Waals surface area contributed by atoms with Crippen LogP contribution >= 0.6 is 0 Å². The summed E-state index contributed by atoms with van der Waals surface area (Å²) in [6.45, 7) is 0. The summed E-state index contributed by atoms with van der Waals surface area (Å²) in [5.74, 6) is -0.642. The molecule has 0 spiro atoms. The zero-order valence-electron chi connectivity index (χ0n) is 12.6. The number of aliphatic carboxylic acids is 1. The fraction of sp³-hybridized carbons (Fsp3) is 0.235. The predicted molar refractivity (Wildman–Crippen MR) is 85.0 cm³/mol. The van der Waals surface area contributed by atoms with Crippen LogP contribution in [0.1, 0.15) is 12.1 Å². The highest BCUT2D eigenvalue weighted by Gasteiger charge is 2.22. The summed E-state index contributed by atoms with van der Waals surface area (Å²) in [7, 11) is 1.46. The number of carboxylic acids is 1. The van der Waals surface area contributed by atoms with Crippen molar-refractivity contribution in [3.8, 4) is 0 Å². The van der Waals surface area contributed by atoms with Gasteiger partial charge in [0, 0.05) is 5.39 Å². The predicted octanol–water partition coefficient (Wildman–Crippen LogP) is 2.03. The maximum absolute atomic E-state index is 11.8. The monoisotopic (exact) mass is 312 g/mol. The van der Waals surface area contributed by atoms with Gasteiger partial charge in [-0.25, -0.2) is 9.89 Å². The summed E-state index contributed by atoms with van der Waals surface area (Å²) in [6.07, 6.45) is 4.68. The first-order valence-electron chi connectivity index (χ1n) is 7.26. The van der Waals surface area contributed by atoms with Crippen LogP contribution in [0.2, 0.25) is 0 Å². The highest BCUT2D eigenvalue weighted by molar-refractivity contribution is 5.91. The van der Waals surface area contributed by atoms with Gasteiger partial charge in [-0.05, 0) is 30.9 Å². The van der Waals surface area contributed by atoms with Gasteiger partial charge >= 0.3 is 5.97 Å². The maximum atomic E-state index is 11.8. The highest BCUT2D eigenvalue weighted by atomic mass is 16.5. The van der Waals surface area contributed by atoms with E-state index in [0.29, 0.717) is 24.0 Å². The van der Waals surface area contributed by atoms with E-state index in [-0.39, 0.29) is 17.1 Å². The molecule has 1 aromatic carbocycles. The minimum atomic E-state index is -1.01. The van der Waals surface area contributed by atoms with Gasteiger partial charge in [-0.3, -0.25) is 4.79 Å². The lowest BCUT2D eigenvalue weighted by Crippen LogP contribution is -2.16. The Morgan fingerprint density at radius 1 is 1.39 bits per heavy atom. The molecule has 0 saturated carbocycles. The van der Waals surface area contributed by atoms with Crippen molar-refractivity contribution < 1.29 is 14.6 Å². The van der Waals surface area contributed by atoms with Gasteiger partial charge < -0.3 is 9.84 Å². The molecule has 6 heteroatoms. The Bertz CT molecular complexity index is 880. The van der Waals surface area contributed by atoms with Gasteiger partial charge in [0.05, 0.1) is 23.8 Å². The molecule has 3 rings (SSSR count). The van der Waals surface area contributed by atoms with Gasteiger partial charge in [0.25, 0.3) is 5.56 Å². The third-order valence-electron chi connectivity index (χ3n) is 3.95. The van der Waals surface area contributed by atoms with Crippen molar-refractivity contribution in [3.05, 3.63) is 63.8 Å². The number of rotatable bonds is 4. The Morgan fingerprint density at radius 3 is 2.83 bits per heavy atom. The number of H-pyrrole nitrogens is 1. The van der Waals surface area contributed by atoms with Crippen molar-refractivity contribution in [1.82, 2.24) is 10.2 Å². The van der Waals surface area contributed by atoms with Crippen molar-refractivity contribution in [1.29, 1.82) is 0 Å². The Balaban J connectivity index is 1.95. The van der Waals surface area contributed by atoms with E-state index in [0.717, 1.165) is 11.1 Å². The summed E-state index contributed by atoms with van der Waals surface area (Å²) in [6, 6.07) is 7.27. The molecule has 1 unspecified atom stereocenters. The molecule has 1 heterocycles. The Kier molecular flexibility index (Phi) is 3.97. The van der Waals surface area contributed by atoms with E-state index in [1.165, 1.54) is 7.11 Å². The number of aromatic nitrogens is 2. The molecule has 0 aliphatic heterocycles. The van der Waals surface area contributed by atoms with Crippen LogP contribution in [-0.2, 0) is 16.0 Å². The van der Waals surface area contributed by atoms with Crippen molar-refractivity contribution in [2.24, 2.45) is 5.92 Å². The van der Waals surface area contributed by atoms with E-state index < -0.39 is 5.97 Å². The highest BCUT2D eigenvalue weighted by Crippen LogP contribution is 2.27. The first-order valence-corrected chi connectivity index (χ1v) is 7.26. The van der Waals surface area contributed by atoms with Crippen LogP contribution in [0.15, 0.2) is 52.5 Å². The van der Waals surface area contributed by atoms with Gasteiger partial charge in [-0.15, -0.1) is 0 Å². The average Bonchev–Trinajstić information content (AvgIpc) is 2.57. The number of hydrogen-bond acceptors (Lipinski definition) is 4. The van der Waals surface area contributed by atoms with Crippen molar-refractivity contribution in [2.75, 3.05) is 7.11 Å². The second-order valence-electron chi connectivity index (χ2n) is 5.40. The quantitative estimate of drug-likeness (QED) is 0.901. The van der Waals surface area contributed by atoms with E-state index in [1.807, 2.05) is 12.1 Å². The van der Waals surface area contributed by atoms with Crippen LogP contribution in [0.5, 0.6) is 0 Å². The summed E-state index contributed by atoms with van der Waals surface area (Å²) < 4.78 is 5.10. The lowest BCUT2D eigenvalue weighted by molar-refractivity contribution is -0.132. The van der Waals surface area contributed by atoms with Gasteiger partial charge in [-0.2, -0.15) is 5.10 Å². The number of nitrogens with one attached hydrogen (secondary N) is 1. The van der Waals surface area contributed by atoms with E-state index in [4.69, 9.17) is 4.74 Å². The molecule has 1 aromatic heterocycles. The molecule has 0 saturated heterocycles. The molecular formula is C17H16N2O4. The number of benzene rings is 1. The third-order valence-corrected chi connectivity index (χ3v) is 3.95. The van der Waals surface area contributed by atoms with Crippen LogP contribution < -0.4 is 5.56 Å². The van der Waals surface area contributed by atoms with Crippen molar-refractivity contribution in [3.63, 3.8) is 0 Å². The molecule has 1 atom stereocenters. The lowest BCUT2D eigenvalue weighted by atomic mass is 9.90. The van der Waals surface area contributed by atoms with E-state index in [2.05, 4.69) is 10.2 Å². The number of allylic oxidation sites excluding steroid dienone is 2. The zero-order valence-corrected chi connectivity index (χ0v) is 12.6. The summed E-state index contributed by atoms with van der Waals surface area (Å²) in [5.41, 5.74) is 0.689. The molecule has 1 aliphatic carbocycles. The molecule has 0 radical (unpaired) electrons. The standard InChI is InChI=1S/C17H16N2O4/c1-23-15-7-6-10(8-13(15)17(21)22)9-14-11-4-2-3-5-12(11)16(20)19-18-14/h2-5,7-8,10H,6,9H2,1H3,(H,19,20)(H,21,22). The fourth-order valence-electron chi connectivity index (χ4n) is 2.84. The number of carbonyl (C=O) groups is 1. The largest absolute Gasteiger partial charge is 0.496 e.